The Balaban J connectivity index is 1.95. The summed E-state index contributed by atoms with van der Waals surface area (Å²) in [6.07, 6.45) is 6.98. The maximum atomic E-state index is 12.4. The molecule has 3 nitrogen and oxygen atoms in total. The molecule has 3 aromatic rings. The van der Waals surface area contributed by atoms with Crippen LogP contribution in [0.5, 0.6) is 0 Å². The van der Waals surface area contributed by atoms with Crippen molar-refractivity contribution >= 4 is 40.3 Å². The number of aromatic nitrogens is 1. The molecular formula is C27H29NO2S. The average molecular weight is 432 g/mol. The highest BCUT2D eigenvalue weighted by Crippen LogP contribution is 2.46. The van der Waals surface area contributed by atoms with E-state index in [9.17, 15) is 9.90 Å². The van der Waals surface area contributed by atoms with Crippen molar-refractivity contribution in [2.75, 3.05) is 6.26 Å². The minimum absolute atomic E-state index is 0.112. The third-order valence-corrected chi connectivity index (χ3v) is 7.64. The number of nitrogens with zero attached hydrogens (tertiary/aromatic N) is 1. The highest BCUT2D eigenvalue weighted by Gasteiger charge is 2.36. The predicted octanol–water partition coefficient (Wildman–Crippen LogP) is 7.19. The SMILES string of the molecule is CCC(C)(C)C1CC(=Cc2ccc(SC)cc2)c2nc3ccccc3c(C(=O)O)c2C1. The van der Waals surface area contributed by atoms with Crippen LogP contribution in [0.4, 0.5) is 0 Å². The zero-order chi connectivity index (χ0) is 22.2. The Kier molecular flexibility index (Phi) is 5.94. The van der Waals surface area contributed by atoms with Crippen LogP contribution < -0.4 is 0 Å². The third kappa shape index (κ3) is 4.14. The second-order valence-corrected chi connectivity index (χ2v) is 9.91. The molecule has 0 saturated carbocycles. The lowest BCUT2D eigenvalue weighted by Crippen LogP contribution is -2.30. The van der Waals surface area contributed by atoms with Crippen LogP contribution in [0.2, 0.25) is 0 Å². The third-order valence-electron chi connectivity index (χ3n) is 6.90. The summed E-state index contributed by atoms with van der Waals surface area (Å²) in [5, 5.41) is 10.9. The number of aromatic carboxylic acids is 1. The molecule has 1 heterocycles. The highest BCUT2D eigenvalue weighted by molar-refractivity contribution is 7.98. The molecule has 2 aromatic carbocycles. The summed E-state index contributed by atoms with van der Waals surface area (Å²) >= 11 is 1.73. The summed E-state index contributed by atoms with van der Waals surface area (Å²) in [6, 6.07) is 16.1. The summed E-state index contributed by atoms with van der Waals surface area (Å²) in [5.41, 5.74) is 5.28. The molecule has 0 fully saturated rings. The van der Waals surface area contributed by atoms with Crippen LogP contribution >= 0.6 is 11.8 Å². The van der Waals surface area contributed by atoms with Gasteiger partial charge in [-0.15, -0.1) is 11.8 Å². The molecular weight excluding hydrogens is 402 g/mol. The molecule has 0 amide bonds. The monoisotopic (exact) mass is 431 g/mol. The Morgan fingerprint density at radius 2 is 1.87 bits per heavy atom. The average Bonchev–Trinajstić information content (AvgIpc) is 2.77. The van der Waals surface area contributed by atoms with Crippen molar-refractivity contribution in [2.24, 2.45) is 11.3 Å². The Bertz CT molecular complexity index is 1160. The molecule has 4 rings (SSSR count). The van der Waals surface area contributed by atoms with Crippen LogP contribution in [-0.4, -0.2) is 22.3 Å². The largest absolute Gasteiger partial charge is 0.478 e. The van der Waals surface area contributed by atoms with E-state index in [2.05, 4.69) is 57.4 Å². The Morgan fingerprint density at radius 3 is 2.52 bits per heavy atom. The van der Waals surface area contributed by atoms with E-state index in [-0.39, 0.29) is 5.41 Å². The number of pyridine rings is 1. The van der Waals surface area contributed by atoms with Gasteiger partial charge >= 0.3 is 5.97 Å². The van der Waals surface area contributed by atoms with Gasteiger partial charge in [0.15, 0.2) is 0 Å². The molecule has 4 heteroatoms. The minimum Gasteiger partial charge on any atom is -0.478 e. The second kappa shape index (κ2) is 8.51. The van der Waals surface area contributed by atoms with Gasteiger partial charge in [0, 0.05) is 10.3 Å². The number of carboxylic acids is 1. The van der Waals surface area contributed by atoms with Gasteiger partial charge in [-0.1, -0.05) is 57.5 Å². The minimum atomic E-state index is -0.867. The van der Waals surface area contributed by atoms with E-state index in [1.807, 2.05) is 24.3 Å². The number of carbonyl (C=O) groups is 1. The Morgan fingerprint density at radius 1 is 1.16 bits per heavy atom. The summed E-state index contributed by atoms with van der Waals surface area (Å²) in [4.78, 5) is 18.6. The quantitative estimate of drug-likeness (QED) is 0.434. The Hall–Kier alpha value is -2.59. The first-order valence-electron chi connectivity index (χ1n) is 10.8. The van der Waals surface area contributed by atoms with E-state index >= 15 is 0 Å². The predicted molar refractivity (Wildman–Crippen MR) is 131 cm³/mol. The van der Waals surface area contributed by atoms with Crippen LogP contribution in [0.3, 0.4) is 0 Å². The van der Waals surface area contributed by atoms with Gasteiger partial charge in [-0.05, 0) is 71.4 Å². The van der Waals surface area contributed by atoms with E-state index < -0.39 is 5.97 Å². The van der Waals surface area contributed by atoms with Crippen molar-refractivity contribution in [1.82, 2.24) is 4.98 Å². The first-order chi connectivity index (χ1) is 14.8. The number of thioether (sulfide) groups is 1. The van der Waals surface area contributed by atoms with Crippen LogP contribution in [0, 0.1) is 11.3 Å². The molecule has 1 aliphatic rings. The van der Waals surface area contributed by atoms with Crippen LogP contribution in [0.25, 0.3) is 22.6 Å². The maximum Gasteiger partial charge on any atom is 0.336 e. The van der Waals surface area contributed by atoms with Crippen LogP contribution in [0.1, 0.15) is 60.8 Å². The first-order valence-corrected chi connectivity index (χ1v) is 12.1. The van der Waals surface area contributed by atoms with E-state index in [0.29, 0.717) is 11.5 Å². The summed E-state index contributed by atoms with van der Waals surface area (Å²) in [5.74, 6) is -0.503. The lowest BCUT2D eigenvalue weighted by Gasteiger charge is -2.38. The fourth-order valence-electron chi connectivity index (χ4n) is 4.51. The summed E-state index contributed by atoms with van der Waals surface area (Å²) < 4.78 is 0. The van der Waals surface area contributed by atoms with Crippen LogP contribution in [-0.2, 0) is 6.42 Å². The molecule has 0 spiro atoms. The normalized spacial score (nSPS) is 17.7. The lowest BCUT2D eigenvalue weighted by molar-refractivity contribution is 0.0696. The molecule has 1 aliphatic carbocycles. The molecule has 0 aliphatic heterocycles. The first kappa shape index (κ1) is 21.6. The van der Waals surface area contributed by atoms with Gasteiger partial charge in [0.25, 0.3) is 0 Å². The molecule has 31 heavy (non-hydrogen) atoms. The maximum absolute atomic E-state index is 12.4. The van der Waals surface area contributed by atoms with Gasteiger partial charge in [0.1, 0.15) is 0 Å². The molecule has 1 aromatic heterocycles. The smallest absolute Gasteiger partial charge is 0.336 e. The van der Waals surface area contributed by atoms with Crippen molar-refractivity contribution in [1.29, 1.82) is 0 Å². The zero-order valence-corrected chi connectivity index (χ0v) is 19.4. The number of allylic oxidation sites excluding steroid dienone is 1. The molecule has 160 valence electrons. The van der Waals surface area contributed by atoms with Gasteiger partial charge in [-0.2, -0.15) is 0 Å². The number of rotatable bonds is 5. The van der Waals surface area contributed by atoms with Crippen molar-refractivity contribution in [3.8, 4) is 0 Å². The number of fused-ring (bicyclic) bond motifs is 2. The fraction of sp³-hybridized carbons (Fsp3) is 0.333. The van der Waals surface area contributed by atoms with E-state index in [4.69, 9.17) is 4.98 Å². The zero-order valence-electron chi connectivity index (χ0n) is 18.6. The van der Waals surface area contributed by atoms with Crippen molar-refractivity contribution in [3.05, 3.63) is 70.9 Å². The number of para-hydroxylation sites is 1. The molecule has 0 bridgehead atoms. The summed E-state index contributed by atoms with van der Waals surface area (Å²) in [6.45, 7) is 6.81. The second-order valence-electron chi connectivity index (χ2n) is 9.03. The van der Waals surface area contributed by atoms with E-state index in [1.54, 1.807) is 11.8 Å². The van der Waals surface area contributed by atoms with Gasteiger partial charge in [-0.3, -0.25) is 0 Å². The van der Waals surface area contributed by atoms with Gasteiger partial charge < -0.3 is 5.11 Å². The lowest BCUT2D eigenvalue weighted by atomic mass is 9.67. The summed E-state index contributed by atoms with van der Waals surface area (Å²) in [7, 11) is 0. The number of carboxylic acid groups (broad SMARTS) is 1. The van der Waals surface area contributed by atoms with Crippen molar-refractivity contribution < 1.29 is 9.90 Å². The van der Waals surface area contributed by atoms with Crippen molar-refractivity contribution in [3.63, 3.8) is 0 Å². The number of hydrogen-bond acceptors (Lipinski definition) is 3. The molecule has 0 saturated heterocycles. The number of hydrogen-bond donors (Lipinski definition) is 1. The topological polar surface area (TPSA) is 50.2 Å². The standard InChI is InChI=1S/C27H29NO2S/c1-5-27(2,3)19-15-18(14-17-10-12-20(31-4)13-11-17)25-22(16-19)24(26(29)30)21-8-6-7-9-23(21)28-25/h6-14,19H,5,15-16H2,1-4H3,(H,29,30). The number of benzene rings is 2. The van der Waals surface area contributed by atoms with Crippen molar-refractivity contribution in [2.45, 2.75) is 44.9 Å². The van der Waals surface area contributed by atoms with E-state index in [0.717, 1.165) is 52.6 Å². The van der Waals surface area contributed by atoms with Crippen LogP contribution in [0.15, 0.2) is 53.4 Å². The highest BCUT2D eigenvalue weighted by atomic mass is 32.2. The molecule has 1 atom stereocenters. The Labute approximate surface area is 188 Å². The molecule has 0 radical (unpaired) electrons. The molecule has 1 N–H and O–H groups in total. The van der Waals surface area contributed by atoms with Gasteiger partial charge in [-0.25, -0.2) is 9.78 Å². The molecule has 1 unspecified atom stereocenters. The van der Waals surface area contributed by atoms with Gasteiger partial charge in [0.2, 0.25) is 0 Å². The van der Waals surface area contributed by atoms with E-state index in [1.165, 1.54) is 4.90 Å². The van der Waals surface area contributed by atoms with Gasteiger partial charge in [0.05, 0.1) is 16.8 Å². The fourth-order valence-corrected chi connectivity index (χ4v) is 4.92.